The topological polar surface area (TPSA) is 12.4 Å². The maximum Gasteiger partial charge on any atom is 3.00 e. The molecule has 41 heavy (non-hydrogen) atoms. The molecule has 3 aromatic carbocycles. The molecule has 0 amide bonds. The zero-order valence-corrected chi connectivity index (χ0v) is 27.9. The van der Waals surface area contributed by atoms with E-state index < -0.39 is 0 Å². The predicted octanol–water partition coefficient (Wildman–Crippen LogP) is 11.9. The maximum absolute atomic E-state index is 5.06. The second-order valence-electron chi connectivity index (χ2n) is 10.3. The molecule has 0 aliphatic carbocycles. The molecule has 3 aromatic rings. The van der Waals surface area contributed by atoms with Crippen LogP contribution in [-0.4, -0.2) is 5.71 Å². The van der Waals surface area contributed by atoms with Gasteiger partial charge in [0.15, 0.2) is 0 Å². The number of hydrogen-bond donors (Lipinski definition) is 0. The number of rotatable bonds is 13. The Morgan fingerprint density at radius 1 is 0.756 bits per heavy atom. The maximum atomic E-state index is 5.06. The summed E-state index contributed by atoms with van der Waals surface area (Å²) in [6.45, 7) is 16.8. The van der Waals surface area contributed by atoms with Crippen molar-refractivity contribution in [3.05, 3.63) is 115 Å². The summed E-state index contributed by atoms with van der Waals surface area (Å²) >= 11 is 0. The van der Waals surface area contributed by atoms with Crippen molar-refractivity contribution in [2.75, 3.05) is 0 Å². The Morgan fingerprint density at radius 2 is 1.37 bits per heavy atom. The van der Waals surface area contributed by atoms with Crippen molar-refractivity contribution in [3.8, 4) is 11.1 Å². The summed E-state index contributed by atoms with van der Waals surface area (Å²) in [6.07, 6.45) is 15.1. The van der Waals surface area contributed by atoms with E-state index in [1.54, 1.807) is 0 Å². The van der Waals surface area contributed by atoms with Gasteiger partial charge in [-0.3, -0.25) is 0 Å². The molecule has 1 nitrogen and oxygen atoms in total. The molecule has 0 N–H and O–H groups in total. The summed E-state index contributed by atoms with van der Waals surface area (Å²) in [7, 11) is 0. The molecule has 1 radical (unpaired) electrons. The van der Waals surface area contributed by atoms with Crippen molar-refractivity contribution in [2.24, 2.45) is 4.99 Å². The third-order valence-corrected chi connectivity index (χ3v) is 7.10. The second kappa shape index (κ2) is 22.2. The Balaban J connectivity index is 0.00000250. The number of hydrogen-bond acceptors (Lipinski definition) is 1. The molecule has 0 saturated heterocycles. The van der Waals surface area contributed by atoms with E-state index in [-0.39, 0.29) is 23.9 Å². The minimum absolute atomic E-state index is 0. The summed E-state index contributed by atoms with van der Waals surface area (Å²) in [4.78, 5) is 5.06. The van der Waals surface area contributed by atoms with E-state index in [0.29, 0.717) is 0 Å². The van der Waals surface area contributed by atoms with E-state index >= 15 is 0 Å². The van der Waals surface area contributed by atoms with E-state index in [0.717, 1.165) is 43.5 Å². The van der Waals surface area contributed by atoms with Gasteiger partial charge in [-0.1, -0.05) is 115 Å². The molecule has 0 aromatic heterocycles. The zero-order valence-electron chi connectivity index (χ0n) is 26.9. The zero-order chi connectivity index (χ0) is 28.5. The van der Waals surface area contributed by atoms with Crippen molar-refractivity contribution < 1.29 is 16.5 Å². The van der Waals surface area contributed by atoms with Gasteiger partial charge in [0.25, 0.3) is 0 Å². The molecule has 0 spiro atoms. The summed E-state index contributed by atoms with van der Waals surface area (Å²) in [6, 6.07) is 24.3. The van der Waals surface area contributed by atoms with E-state index in [4.69, 9.17) is 4.99 Å². The Kier molecular flexibility index (Phi) is 20.9. The van der Waals surface area contributed by atoms with Crippen molar-refractivity contribution >= 4 is 11.4 Å². The second-order valence-corrected chi connectivity index (χ2v) is 10.3. The standard InChI is InChI=1S/C34H42N.C4H9.CH3.Ni/c1-6-10-15-31-21-22-33(25-34(31)30-17-13-12-14-18-30)35-26(5)29(9-4)23-27-19-20-28(8-3)32(24-27)16-11-7-2;1-3-4-2;;/h12-14,17-22,24-25H,6-11,15-16H2,1-5H3;1,3-4H2,2H3;1H3;/q3*-1;+3. The summed E-state index contributed by atoms with van der Waals surface area (Å²) in [5, 5.41) is 0. The smallest absolute Gasteiger partial charge is 0.358 e. The molecule has 3 rings (SSSR count). The number of aryl methyl sites for hydroxylation is 3. The first kappa shape index (κ1) is 38.6. The fourth-order valence-corrected chi connectivity index (χ4v) is 4.62. The van der Waals surface area contributed by atoms with Crippen LogP contribution >= 0.6 is 0 Å². The Labute approximate surface area is 263 Å². The molecule has 0 atom stereocenters. The minimum atomic E-state index is 0. The first-order valence-electron chi connectivity index (χ1n) is 15.3. The first-order chi connectivity index (χ1) is 19.0. The SMILES string of the molecule is CCCCc1cc([C-]=C(CC)C(C)=Nc2ccc(CCCC)c(-c3ccccc3)c2)ccc1CC.[CH2-]CCC.[CH3-].[Ni+3]. The molecule has 0 heterocycles. The molecule has 0 aliphatic rings. The largest absolute Gasteiger partial charge is 3.00 e. The van der Waals surface area contributed by atoms with E-state index in [1.165, 1.54) is 71.1 Å². The number of aliphatic imine (C=N–C) groups is 1. The minimum Gasteiger partial charge on any atom is -0.358 e. The third kappa shape index (κ3) is 13.0. The monoisotopic (exact) mass is 594 g/mol. The van der Waals surface area contributed by atoms with Gasteiger partial charge in [-0.25, -0.2) is 0 Å². The van der Waals surface area contributed by atoms with Crippen LogP contribution in [0.4, 0.5) is 5.69 Å². The summed E-state index contributed by atoms with van der Waals surface area (Å²) in [5.74, 6) is 0. The van der Waals surface area contributed by atoms with E-state index in [9.17, 15) is 0 Å². The van der Waals surface area contributed by atoms with Gasteiger partial charge in [0.1, 0.15) is 0 Å². The van der Waals surface area contributed by atoms with Gasteiger partial charge < -0.3 is 19.3 Å². The van der Waals surface area contributed by atoms with Gasteiger partial charge in [-0.15, -0.1) is 35.4 Å². The number of nitrogens with zero attached hydrogens (tertiary/aromatic N) is 1. The van der Waals surface area contributed by atoms with Gasteiger partial charge >= 0.3 is 16.5 Å². The Morgan fingerprint density at radius 3 is 1.93 bits per heavy atom. The average molecular weight is 596 g/mol. The van der Waals surface area contributed by atoms with Crippen LogP contribution in [0.15, 0.2) is 77.3 Å². The van der Waals surface area contributed by atoms with Gasteiger partial charge in [0, 0.05) is 0 Å². The number of unbranched alkanes of at least 4 members (excludes halogenated alkanes) is 3. The van der Waals surface area contributed by atoms with Gasteiger partial charge in [-0.2, -0.15) is 6.42 Å². The molecular weight excluding hydrogens is 541 g/mol. The van der Waals surface area contributed by atoms with Crippen molar-refractivity contribution in [1.29, 1.82) is 0 Å². The summed E-state index contributed by atoms with van der Waals surface area (Å²) in [5.41, 5.74) is 11.3. The van der Waals surface area contributed by atoms with Crippen LogP contribution in [0, 0.1) is 20.4 Å². The normalized spacial score (nSPS) is 11.2. The van der Waals surface area contributed by atoms with Crippen LogP contribution in [0.25, 0.3) is 11.1 Å². The summed E-state index contributed by atoms with van der Waals surface area (Å²) < 4.78 is 0. The van der Waals surface area contributed by atoms with Crippen LogP contribution in [-0.2, 0) is 35.8 Å². The first-order valence-corrected chi connectivity index (χ1v) is 15.3. The molecule has 0 aliphatic heterocycles. The molecule has 225 valence electrons. The van der Waals surface area contributed by atoms with Crippen LogP contribution in [0.5, 0.6) is 0 Å². The Bertz CT molecular complexity index is 1170. The van der Waals surface area contributed by atoms with Crippen molar-refractivity contribution in [3.63, 3.8) is 0 Å². The van der Waals surface area contributed by atoms with Crippen molar-refractivity contribution in [1.82, 2.24) is 0 Å². The molecule has 0 bridgehead atoms. The molecular formula is C39H54NNi. The van der Waals surface area contributed by atoms with Gasteiger partial charge in [-0.05, 0) is 66.6 Å². The Hall–Kier alpha value is -2.44. The van der Waals surface area contributed by atoms with Crippen LogP contribution in [0.2, 0.25) is 0 Å². The van der Waals surface area contributed by atoms with Crippen LogP contribution in [0.3, 0.4) is 0 Å². The van der Waals surface area contributed by atoms with Crippen LogP contribution < -0.4 is 0 Å². The van der Waals surface area contributed by atoms with Crippen molar-refractivity contribution in [2.45, 2.75) is 106 Å². The predicted molar refractivity (Wildman–Crippen MR) is 181 cm³/mol. The van der Waals surface area contributed by atoms with Gasteiger partial charge in [0.05, 0.1) is 5.69 Å². The third-order valence-electron chi connectivity index (χ3n) is 7.10. The van der Waals surface area contributed by atoms with E-state index in [2.05, 4.69) is 121 Å². The molecule has 0 fully saturated rings. The van der Waals surface area contributed by atoms with E-state index in [1.807, 2.05) is 0 Å². The average Bonchev–Trinajstić information content (AvgIpc) is 2.98. The molecule has 0 saturated carbocycles. The fraction of sp³-hybridized carbons (Fsp3) is 0.410. The molecule has 0 unspecified atom stereocenters. The number of benzene rings is 3. The van der Waals surface area contributed by atoms with Gasteiger partial charge in [0.2, 0.25) is 0 Å². The quantitative estimate of drug-likeness (QED) is 0.106. The number of allylic oxidation sites excluding steroid dienone is 1. The fourth-order valence-electron chi connectivity index (χ4n) is 4.62. The van der Waals surface area contributed by atoms with Crippen LogP contribution in [0.1, 0.15) is 109 Å². The molecule has 2 heteroatoms.